The molecule has 0 saturated carbocycles. The quantitative estimate of drug-likeness (QED) is 0.592. The number of rotatable bonds is 1. The molecule has 4 heteroatoms. The third-order valence-electron chi connectivity index (χ3n) is 2.17. The van der Waals surface area contributed by atoms with Gasteiger partial charge in [-0.2, -0.15) is 5.10 Å². The second-order valence-corrected chi connectivity index (χ2v) is 3.11. The second kappa shape index (κ2) is 3.16. The van der Waals surface area contributed by atoms with Gasteiger partial charge < -0.3 is 0 Å². The van der Waals surface area contributed by atoms with Crippen molar-refractivity contribution in [1.29, 1.82) is 0 Å². The zero-order chi connectivity index (χ0) is 10.1. The monoisotopic (exact) mass is 195 g/mol. The van der Waals surface area contributed by atoms with Crippen LogP contribution in [-0.4, -0.2) is 19.7 Å². The molecule has 0 fully saturated rings. The minimum atomic E-state index is 0.774. The minimum absolute atomic E-state index is 0.774. The second-order valence-electron chi connectivity index (χ2n) is 3.11. The fourth-order valence-electron chi connectivity index (χ4n) is 1.49. The highest BCUT2D eigenvalue weighted by Gasteiger charge is 2.04. The smallest absolute Gasteiger partial charge is 0.166 e. The standard InChI is InChI=1S/C11H7N4/c1-2-4-10(5-3-1)15-11-9(7-14-15)6-12-8-13-11/h1-5,7-8H. The Morgan fingerprint density at radius 2 is 2.00 bits per heavy atom. The molecule has 0 aliphatic heterocycles. The first kappa shape index (κ1) is 8.11. The van der Waals surface area contributed by atoms with Crippen LogP contribution >= 0.6 is 0 Å². The Hall–Kier alpha value is -2.23. The van der Waals surface area contributed by atoms with Gasteiger partial charge in [0.15, 0.2) is 5.65 Å². The molecular formula is C11H7N4. The van der Waals surface area contributed by atoms with Crippen LogP contribution in [-0.2, 0) is 0 Å². The van der Waals surface area contributed by atoms with Crippen molar-refractivity contribution >= 4 is 11.0 Å². The molecule has 1 radical (unpaired) electrons. The SMILES string of the molecule is [c]1ncnc2c1cnn2-c1ccccc1. The zero-order valence-electron chi connectivity index (χ0n) is 7.83. The summed E-state index contributed by atoms with van der Waals surface area (Å²) in [6.07, 6.45) is 6.03. The molecule has 0 N–H and O–H groups in total. The van der Waals surface area contributed by atoms with Crippen LogP contribution in [0.15, 0.2) is 42.9 Å². The summed E-state index contributed by atoms with van der Waals surface area (Å²) in [6, 6.07) is 9.86. The maximum Gasteiger partial charge on any atom is 0.166 e. The highest BCUT2D eigenvalue weighted by molar-refractivity contribution is 5.74. The Morgan fingerprint density at radius 1 is 1.13 bits per heavy atom. The Balaban J connectivity index is 2.28. The van der Waals surface area contributed by atoms with Gasteiger partial charge in [0.05, 0.1) is 17.3 Å². The van der Waals surface area contributed by atoms with Crippen LogP contribution in [0.2, 0.25) is 0 Å². The highest BCUT2D eigenvalue weighted by atomic mass is 15.3. The molecule has 0 unspecified atom stereocenters. The number of nitrogens with zero attached hydrogens (tertiary/aromatic N) is 4. The predicted molar refractivity (Wildman–Crippen MR) is 55.5 cm³/mol. The van der Waals surface area contributed by atoms with Crippen LogP contribution in [0.3, 0.4) is 0 Å². The van der Waals surface area contributed by atoms with Gasteiger partial charge in [0.25, 0.3) is 0 Å². The Kier molecular flexibility index (Phi) is 1.71. The molecule has 0 aliphatic rings. The summed E-state index contributed by atoms with van der Waals surface area (Å²) in [4.78, 5) is 8.01. The molecule has 0 saturated heterocycles. The van der Waals surface area contributed by atoms with Gasteiger partial charge in [-0.25, -0.2) is 14.6 Å². The fourth-order valence-corrected chi connectivity index (χ4v) is 1.49. The lowest BCUT2D eigenvalue weighted by Crippen LogP contribution is -1.96. The summed E-state index contributed by atoms with van der Waals surface area (Å²) < 4.78 is 1.77. The summed E-state index contributed by atoms with van der Waals surface area (Å²) in [7, 11) is 0. The molecule has 4 nitrogen and oxygen atoms in total. The fraction of sp³-hybridized carbons (Fsp3) is 0. The molecule has 71 valence electrons. The van der Waals surface area contributed by atoms with E-state index in [1.807, 2.05) is 30.3 Å². The van der Waals surface area contributed by atoms with Gasteiger partial charge in [-0.05, 0) is 12.1 Å². The van der Waals surface area contributed by atoms with Crippen molar-refractivity contribution in [3.8, 4) is 5.69 Å². The molecule has 2 heterocycles. The molecule has 0 amide bonds. The van der Waals surface area contributed by atoms with E-state index in [2.05, 4.69) is 21.3 Å². The number of benzene rings is 1. The summed E-state index contributed by atoms with van der Waals surface area (Å²) in [6.45, 7) is 0. The molecule has 0 bridgehead atoms. The van der Waals surface area contributed by atoms with Crippen LogP contribution < -0.4 is 0 Å². The molecule has 3 rings (SSSR count). The largest absolute Gasteiger partial charge is 0.234 e. The summed E-state index contributed by atoms with van der Waals surface area (Å²) in [5.41, 5.74) is 1.76. The summed E-state index contributed by atoms with van der Waals surface area (Å²) in [5.74, 6) is 0. The number of hydrogen-bond donors (Lipinski definition) is 0. The van der Waals surface area contributed by atoms with E-state index < -0.39 is 0 Å². The molecular weight excluding hydrogens is 188 g/mol. The number of aromatic nitrogens is 4. The van der Waals surface area contributed by atoms with Crippen LogP contribution in [0.4, 0.5) is 0 Å². The van der Waals surface area contributed by atoms with Gasteiger partial charge in [0, 0.05) is 0 Å². The maximum atomic E-state index is 4.25. The van der Waals surface area contributed by atoms with E-state index in [-0.39, 0.29) is 0 Å². The normalized spacial score (nSPS) is 10.7. The minimum Gasteiger partial charge on any atom is -0.234 e. The molecule has 2 aromatic heterocycles. The molecule has 0 aliphatic carbocycles. The Bertz CT molecular complexity index is 586. The number of para-hydroxylation sites is 1. The van der Waals surface area contributed by atoms with Crippen molar-refractivity contribution in [3.63, 3.8) is 0 Å². The van der Waals surface area contributed by atoms with E-state index in [4.69, 9.17) is 0 Å². The third-order valence-corrected chi connectivity index (χ3v) is 2.17. The Morgan fingerprint density at radius 3 is 2.87 bits per heavy atom. The lowest BCUT2D eigenvalue weighted by Gasteiger charge is -2.00. The van der Waals surface area contributed by atoms with Gasteiger partial charge in [-0.3, -0.25) is 0 Å². The molecule has 15 heavy (non-hydrogen) atoms. The van der Waals surface area contributed by atoms with E-state index in [1.54, 1.807) is 10.9 Å². The average molecular weight is 195 g/mol. The van der Waals surface area contributed by atoms with Crippen molar-refractivity contribution < 1.29 is 0 Å². The maximum absolute atomic E-state index is 4.25. The summed E-state index contributed by atoms with van der Waals surface area (Å²) >= 11 is 0. The van der Waals surface area contributed by atoms with Crippen molar-refractivity contribution in [2.45, 2.75) is 0 Å². The van der Waals surface area contributed by atoms with E-state index in [1.165, 1.54) is 6.33 Å². The van der Waals surface area contributed by atoms with Gasteiger partial charge >= 0.3 is 0 Å². The number of fused-ring (bicyclic) bond motifs is 1. The van der Waals surface area contributed by atoms with Gasteiger partial charge in [0.1, 0.15) is 12.5 Å². The third kappa shape index (κ3) is 1.27. The first-order valence-corrected chi connectivity index (χ1v) is 4.57. The van der Waals surface area contributed by atoms with Gasteiger partial charge in [-0.1, -0.05) is 18.2 Å². The van der Waals surface area contributed by atoms with E-state index in [9.17, 15) is 0 Å². The predicted octanol–water partition coefficient (Wildman–Crippen LogP) is 1.62. The molecule has 0 spiro atoms. The molecule has 3 aromatic rings. The topological polar surface area (TPSA) is 43.6 Å². The van der Waals surface area contributed by atoms with Gasteiger partial charge in [-0.15, -0.1) is 0 Å². The van der Waals surface area contributed by atoms with E-state index >= 15 is 0 Å². The van der Waals surface area contributed by atoms with Crippen LogP contribution in [0.5, 0.6) is 0 Å². The average Bonchev–Trinajstić information content (AvgIpc) is 2.74. The zero-order valence-corrected chi connectivity index (χ0v) is 7.83. The first-order valence-electron chi connectivity index (χ1n) is 4.57. The highest BCUT2D eigenvalue weighted by Crippen LogP contribution is 2.13. The van der Waals surface area contributed by atoms with Crippen LogP contribution in [0.1, 0.15) is 0 Å². The summed E-state index contributed by atoms with van der Waals surface area (Å²) in [5, 5.41) is 5.07. The van der Waals surface area contributed by atoms with Crippen LogP contribution in [0, 0.1) is 6.20 Å². The van der Waals surface area contributed by atoms with E-state index in [0.717, 1.165) is 16.7 Å². The van der Waals surface area contributed by atoms with Crippen molar-refractivity contribution in [2.24, 2.45) is 0 Å². The lowest BCUT2D eigenvalue weighted by molar-refractivity contribution is 0.895. The van der Waals surface area contributed by atoms with Gasteiger partial charge in [0.2, 0.25) is 0 Å². The molecule has 1 aromatic carbocycles. The van der Waals surface area contributed by atoms with Crippen LogP contribution in [0.25, 0.3) is 16.7 Å². The van der Waals surface area contributed by atoms with Crippen molar-refractivity contribution in [2.75, 3.05) is 0 Å². The lowest BCUT2D eigenvalue weighted by atomic mass is 10.3. The van der Waals surface area contributed by atoms with Crippen molar-refractivity contribution in [3.05, 3.63) is 49.1 Å². The number of hydrogen-bond acceptors (Lipinski definition) is 3. The first-order chi connectivity index (χ1) is 7.45. The Labute approximate surface area is 86.2 Å². The van der Waals surface area contributed by atoms with Crippen molar-refractivity contribution in [1.82, 2.24) is 19.7 Å². The van der Waals surface area contributed by atoms with E-state index in [0.29, 0.717) is 0 Å². The molecule has 0 atom stereocenters.